The Morgan fingerprint density at radius 1 is 1.07 bits per heavy atom. The van der Waals surface area contributed by atoms with E-state index in [2.05, 4.69) is 48.7 Å². The zero-order valence-electron chi connectivity index (χ0n) is 16.3. The highest BCUT2D eigenvalue weighted by Crippen LogP contribution is 2.36. The molecule has 0 saturated carbocycles. The molecule has 9 nitrogen and oxygen atoms in total. The molecule has 152 valence electrons. The van der Waals surface area contributed by atoms with Gasteiger partial charge in [0.15, 0.2) is 5.75 Å². The van der Waals surface area contributed by atoms with Crippen LogP contribution in [-0.2, 0) is 0 Å². The fourth-order valence-corrected chi connectivity index (χ4v) is 3.04. The Morgan fingerprint density at radius 3 is 2.70 bits per heavy atom. The molecule has 3 aromatic rings. The fraction of sp³-hybridized carbons (Fsp3) is 0.190. The molecule has 0 unspecified atom stereocenters. The Hall–Kier alpha value is -4.01. The van der Waals surface area contributed by atoms with E-state index in [0.717, 1.165) is 11.1 Å². The van der Waals surface area contributed by atoms with E-state index in [0.29, 0.717) is 48.8 Å². The van der Waals surface area contributed by atoms with Crippen molar-refractivity contribution in [2.24, 2.45) is 0 Å². The number of aromatic nitrogens is 5. The Kier molecular flexibility index (Phi) is 5.79. The molecular formula is C21H21N7O2. The summed E-state index contributed by atoms with van der Waals surface area (Å²) in [5.74, 6) is 2.32. The van der Waals surface area contributed by atoms with E-state index in [1.807, 2.05) is 18.2 Å². The lowest BCUT2D eigenvalue weighted by molar-refractivity contribution is 0.162. The molecule has 4 rings (SSSR count). The predicted octanol–water partition coefficient (Wildman–Crippen LogP) is 3.04. The number of nitrogens with zero attached hydrogens (tertiary/aromatic N) is 5. The average molecular weight is 403 g/mol. The summed E-state index contributed by atoms with van der Waals surface area (Å²) in [6, 6.07) is 3.77. The SMILES string of the molecule is C=CNc1ncc(-c2cc(NC[C@@H](C=C)c3ccnc4c3OCCO4)ncn2)cn1. The highest BCUT2D eigenvalue weighted by molar-refractivity contribution is 5.61. The number of hydrogen-bond acceptors (Lipinski definition) is 9. The van der Waals surface area contributed by atoms with Gasteiger partial charge in [0.1, 0.15) is 25.4 Å². The molecule has 0 spiro atoms. The van der Waals surface area contributed by atoms with Crippen molar-refractivity contribution >= 4 is 11.8 Å². The monoisotopic (exact) mass is 403 g/mol. The first-order valence-corrected chi connectivity index (χ1v) is 9.41. The van der Waals surface area contributed by atoms with Crippen LogP contribution in [0.25, 0.3) is 11.3 Å². The second-order valence-corrected chi connectivity index (χ2v) is 6.39. The van der Waals surface area contributed by atoms with Gasteiger partial charge < -0.3 is 20.1 Å². The van der Waals surface area contributed by atoms with Crippen LogP contribution in [0.3, 0.4) is 0 Å². The molecule has 2 N–H and O–H groups in total. The predicted molar refractivity (Wildman–Crippen MR) is 114 cm³/mol. The van der Waals surface area contributed by atoms with Gasteiger partial charge in [0.25, 0.3) is 5.88 Å². The molecule has 0 aromatic carbocycles. The van der Waals surface area contributed by atoms with Gasteiger partial charge in [0, 0.05) is 48.2 Å². The summed E-state index contributed by atoms with van der Waals surface area (Å²) in [5.41, 5.74) is 2.46. The first-order chi connectivity index (χ1) is 14.8. The van der Waals surface area contributed by atoms with Crippen LogP contribution in [0.4, 0.5) is 11.8 Å². The fourth-order valence-electron chi connectivity index (χ4n) is 3.04. The highest BCUT2D eigenvalue weighted by Gasteiger charge is 2.21. The third-order valence-corrected chi connectivity index (χ3v) is 4.50. The second kappa shape index (κ2) is 8.99. The molecule has 0 bridgehead atoms. The summed E-state index contributed by atoms with van der Waals surface area (Å²) in [6.45, 7) is 9.13. The Labute approximate surface area is 174 Å². The van der Waals surface area contributed by atoms with Gasteiger partial charge in [0.2, 0.25) is 5.95 Å². The smallest absolute Gasteiger partial charge is 0.257 e. The number of nitrogens with one attached hydrogen (secondary N) is 2. The van der Waals surface area contributed by atoms with E-state index >= 15 is 0 Å². The molecule has 1 aliphatic rings. The molecule has 9 heteroatoms. The van der Waals surface area contributed by atoms with Gasteiger partial charge in [-0.15, -0.1) is 6.58 Å². The molecule has 4 heterocycles. The standard InChI is InChI=1S/C21H21N7O2/c1-3-14(16-5-6-23-20-19(16)29-7-8-30-20)10-24-18-9-17(27-13-28-18)15-11-25-21(22-4-2)26-12-15/h3-6,9,11-14H,1-2,7-8,10H2,(H,22,25,26)(H,24,27,28)/t14-/m1/s1. The van der Waals surface area contributed by atoms with E-state index < -0.39 is 0 Å². The maximum absolute atomic E-state index is 5.78. The summed E-state index contributed by atoms with van der Waals surface area (Å²) in [5, 5.41) is 6.17. The van der Waals surface area contributed by atoms with Crippen molar-refractivity contribution in [3.8, 4) is 22.9 Å². The van der Waals surface area contributed by atoms with Gasteiger partial charge in [-0.1, -0.05) is 12.7 Å². The summed E-state index contributed by atoms with van der Waals surface area (Å²) in [6.07, 6.45) is 9.99. The van der Waals surface area contributed by atoms with Crippen molar-refractivity contribution in [2.45, 2.75) is 5.92 Å². The summed E-state index contributed by atoms with van der Waals surface area (Å²) in [4.78, 5) is 21.3. The quantitative estimate of drug-likeness (QED) is 0.549. The van der Waals surface area contributed by atoms with Gasteiger partial charge in [0.05, 0.1) is 5.69 Å². The first kappa shape index (κ1) is 19.3. The number of pyridine rings is 1. The summed E-state index contributed by atoms with van der Waals surface area (Å²) in [7, 11) is 0. The summed E-state index contributed by atoms with van der Waals surface area (Å²) < 4.78 is 11.4. The van der Waals surface area contributed by atoms with E-state index in [1.54, 1.807) is 18.6 Å². The Morgan fingerprint density at radius 2 is 1.90 bits per heavy atom. The molecule has 0 saturated heterocycles. The molecule has 0 fully saturated rings. The number of hydrogen-bond donors (Lipinski definition) is 2. The molecule has 1 aliphatic heterocycles. The minimum Gasteiger partial charge on any atom is -0.484 e. The van der Waals surface area contributed by atoms with Crippen molar-refractivity contribution in [1.29, 1.82) is 0 Å². The van der Waals surface area contributed by atoms with Crippen LogP contribution in [0.1, 0.15) is 11.5 Å². The average Bonchev–Trinajstić information content (AvgIpc) is 2.80. The highest BCUT2D eigenvalue weighted by atomic mass is 16.6. The van der Waals surface area contributed by atoms with Crippen molar-refractivity contribution in [3.05, 3.63) is 68.0 Å². The normalized spacial score (nSPS) is 13.2. The lowest BCUT2D eigenvalue weighted by Gasteiger charge is -2.23. The van der Waals surface area contributed by atoms with Gasteiger partial charge in [-0.3, -0.25) is 0 Å². The van der Waals surface area contributed by atoms with E-state index in [1.165, 1.54) is 12.5 Å². The number of ether oxygens (including phenoxy) is 2. The molecule has 30 heavy (non-hydrogen) atoms. The zero-order chi connectivity index (χ0) is 20.8. The van der Waals surface area contributed by atoms with Gasteiger partial charge >= 0.3 is 0 Å². The molecule has 1 atom stereocenters. The van der Waals surface area contributed by atoms with E-state index in [4.69, 9.17) is 9.47 Å². The van der Waals surface area contributed by atoms with Gasteiger partial charge in [-0.05, 0) is 12.3 Å². The van der Waals surface area contributed by atoms with Crippen molar-refractivity contribution in [2.75, 3.05) is 30.4 Å². The van der Waals surface area contributed by atoms with Crippen LogP contribution < -0.4 is 20.1 Å². The van der Waals surface area contributed by atoms with Crippen LogP contribution in [0, 0.1) is 0 Å². The van der Waals surface area contributed by atoms with Crippen molar-refractivity contribution in [1.82, 2.24) is 24.9 Å². The maximum Gasteiger partial charge on any atom is 0.257 e. The molecule has 0 radical (unpaired) electrons. The number of fused-ring (bicyclic) bond motifs is 1. The Bertz CT molecular complexity index is 1040. The number of anilines is 2. The number of rotatable bonds is 8. The first-order valence-electron chi connectivity index (χ1n) is 9.41. The minimum atomic E-state index is -0.0190. The zero-order valence-corrected chi connectivity index (χ0v) is 16.3. The van der Waals surface area contributed by atoms with Crippen LogP contribution in [0.2, 0.25) is 0 Å². The van der Waals surface area contributed by atoms with Crippen LogP contribution in [0.5, 0.6) is 11.6 Å². The molecular weight excluding hydrogens is 382 g/mol. The maximum atomic E-state index is 5.78. The minimum absolute atomic E-state index is 0.0190. The Balaban J connectivity index is 1.49. The topological polar surface area (TPSA) is 107 Å². The molecule has 3 aromatic heterocycles. The van der Waals surface area contributed by atoms with Gasteiger partial charge in [-0.25, -0.2) is 24.9 Å². The third kappa shape index (κ3) is 4.19. The molecule has 0 aliphatic carbocycles. The van der Waals surface area contributed by atoms with E-state index in [9.17, 15) is 0 Å². The molecule has 0 amide bonds. The van der Waals surface area contributed by atoms with Gasteiger partial charge in [-0.2, -0.15) is 0 Å². The van der Waals surface area contributed by atoms with Crippen molar-refractivity contribution in [3.63, 3.8) is 0 Å². The van der Waals surface area contributed by atoms with Crippen LogP contribution in [0.15, 0.2) is 62.5 Å². The second-order valence-electron chi connectivity index (χ2n) is 6.39. The van der Waals surface area contributed by atoms with Crippen molar-refractivity contribution < 1.29 is 9.47 Å². The van der Waals surface area contributed by atoms with Crippen LogP contribution >= 0.6 is 0 Å². The largest absolute Gasteiger partial charge is 0.484 e. The lowest BCUT2D eigenvalue weighted by atomic mass is 9.99. The lowest BCUT2D eigenvalue weighted by Crippen LogP contribution is -2.20. The van der Waals surface area contributed by atoms with Crippen LogP contribution in [-0.4, -0.2) is 44.7 Å². The summed E-state index contributed by atoms with van der Waals surface area (Å²) >= 11 is 0. The van der Waals surface area contributed by atoms with E-state index in [-0.39, 0.29) is 5.92 Å². The third-order valence-electron chi connectivity index (χ3n) is 4.50.